The smallest absolute Gasteiger partial charge is 0.0922 e. The quantitative estimate of drug-likeness (QED) is 0.742. The van der Waals surface area contributed by atoms with Gasteiger partial charge in [-0.15, -0.1) is 17.5 Å². The summed E-state index contributed by atoms with van der Waals surface area (Å²) in [6.07, 6.45) is 10.6. The molecule has 0 saturated heterocycles. The van der Waals surface area contributed by atoms with Crippen molar-refractivity contribution in [1.82, 2.24) is 4.98 Å². The number of nitrogens with zero attached hydrogens (tertiary/aromatic N) is 1. The van der Waals surface area contributed by atoms with Crippen LogP contribution in [0.3, 0.4) is 0 Å². The van der Waals surface area contributed by atoms with Gasteiger partial charge in [0.2, 0.25) is 0 Å². The molecule has 0 radical (unpaired) electrons. The van der Waals surface area contributed by atoms with E-state index < -0.39 is 0 Å². The van der Waals surface area contributed by atoms with Crippen LogP contribution < -0.4 is 0 Å². The fourth-order valence-corrected chi connectivity index (χ4v) is 3.07. The molecule has 1 atom stereocenters. The van der Waals surface area contributed by atoms with Crippen molar-refractivity contribution in [1.29, 1.82) is 0 Å². The first-order valence-corrected chi connectivity index (χ1v) is 6.73. The van der Waals surface area contributed by atoms with Crippen LogP contribution in [-0.4, -0.2) is 10.7 Å². The maximum Gasteiger partial charge on any atom is 0.0922 e. The van der Waals surface area contributed by atoms with E-state index in [1.54, 1.807) is 0 Å². The first-order valence-electron chi connectivity index (χ1n) is 5.74. The van der Waals surface area contributed by atoms with Crippen molar-refractivity contribution in [3.05, 3.63) is 59.1 Å². The maximum absolute atomic E-state index is 4.42. The van der Waals surface area contributed by atoms with Crippen molar-refractivity contribution >= 4 is 22.7 Å². The van der Waals surface area contributed by atoms with Crippen LogP contribution >= 0.6 is 11.8 Å². The van der Waals surface area contributed by atoms with Gasteiger partial charge in [0, 0.05) is 23.4 Å². The highest BCUT2D eigenvalue weighted by Gasteiger charge is 2.14. The second kappa shape index (κ2) is 4.40. The molecule has 1 heterocycles. The third-order valence-corrected chi connectivity index (χ3v) is 4.07. The van der Waals surface area contributed by atoms with Gasteiger partial charge in [-0.1, -0.05) is 29.9 Å². The summed E-state index contributed by atoms with van der Waals surface area (Å²) in [4.78, 5) is 5.59. The molecule has 17 heavy (non-hydrogen) atoms. The van der Waals surface area contributed by atoms with Crippen molar-refractivity contribution in [2.45, 2.75) is 6.92 Å². The SMILES string of the molecule is CC1=C[C@@H](CSC2=C=Cc3cccnc32)C=C1. The van der Waals surface area contributed by atoms with Crippen molar-refractivity contribution in [2.75, 3.05) is 5.75 Å². The fourth-order valence-electron chi connectivity index (χ4n) is 2.05. The van der Waals surface area contributed by atoms with Gasteiger partial charge < -0.3 is 0 Å². The lowest BCUT2D eigenvalue weighted by Crippen LogP contribution is -1.94. The number of pyridine rings is 1. The molecule has 0 unspecified atom stereocenters. The third-order valence-electron chi connectivity index (χ3n) is 2.92. The Hall–Kier alpha value is -1.50. The number of thioether (sulfide) groups is 1. The van der Waals surface area contributed by atoms with Gasteiger partial charge in [0.1, 0.15) is 0 Å². The largest absolute Gasteiger partial charge is 0.254 e. The topological polar surface area (TPSA) is 12.9 Å². The zero-order valence-electron chi connectivity index (χ0n) is 9.68. The zero-order valence-corrected chi connectivity index (χ0v) is 10.5. The molecule has 0 amide bonds. The average Bonchev–Trinajstić information content (AvgIpc) is 2.93. The van der Waals surface area contributed by atoms with Crippen molar-refractivity contribution in [2.24, 2.45) is 5.92 Å². The first kappa shape index (κ1) is 10.6. The van der Waals surface area contributed by atoms with E-state index >= 15 is 0 Å². The van der Waals surface area contributed by atoms with Crippen LogP contribution in [0.2, 0.25) is 0 Å². The minimum atomic E-state index is 0.557. The summed E-state index contributed by atoms with van der Waals surface area (Å²) in [6.45, 7) is 2.15. The Morgan fingerprint density at radius 3 is 3.24 bits per heavy atom. The minimum absolute atomic E-state index is 0.557. The summed E-state index contributed by atoms with van der Waals surface area (Å²) in [5.41, 5.74) is 6.94. The van der Waals surface area contributed by atoms with E-state index in [1.807, 2.05) is 30.1 Å². The van der Waals surface area contributed by atoms with Gasteiger partial charge in [0.25, 0.3) is 0 Å². The van der Waals surface area contributed by atoms with E-state index in [-0.39, 0.29) is 0 Å². The molecule has 2 heteroatoms. The van der Waals surface area contributed by atoms with Gasteiger partial charge in [-0.05, 0) is 19.1 Å². The Morgan fingerprint density at radius 2 is 2.41 bits per heavy atom. The molecule has 3 rings (SSSR count). The minimum Gasteiger partial charge on any atom is -0.254 e. The second-order valence-electron chi connectivity index (χ2n) is 4.30. The van der Waals surface area contributed by atoms with E-state index in [1.165, 1.54) is 16.0 Å². The predicted octanol–water partition coefficient (Wildman–Crippen LogP) is 3.91. The Labute approximate surface area is 106 Å². The summed E-state index contributed by atoms with van der Waals surface area (Å²) >= 11 is 1.84. The molecule has 2 aliphatic rings. The third kappa shape index (κ3) is 2.14. The lowest BCUT2D eigenvalue weighted by atomic mass is 10.2. The number of hydrogen-bond donors (Lipinski definition) is 0. The first-order chi connectivity index (χ1) is 8.33. The van der Waals surface area contributed by atoms with Crippen LogP contribution in [0.15, 0.2) is 47.9 Å². The highest BCUT2D eigenvalue weighted by molar-refractivity contribution is 8.08. The van der Waals surface area contributed by atoms with Crippen molar-refractivity contribution in [3.63, 3.8) is 0 Å². The van der Waals surface area contributed by atoms with E-state index in [0.29, 0.717) is 5.92 Å². The summed E-state index contributed by atoms with van der Waals surface area (Å²) in [5.74, 6) is 1.63. The summed E-state index contributed by atoms with van der Waals surface area (Å²) in [7, 11) is 0. The highest BCUT2D eigenvalue weighted by atomic mass is 32.2. The van der Waals surface area contributed by atoms with Crippen LogP contribution in [-0.2, 0) is 0 Å². The molecule has 2 aliphatic carbocycles. The lowest BCUT2D eigenvalue weighted by Gasteiger charge is -2.06. The number of allylic oxidation sites excluding steroid dienone is 4. The molecule has 0 bridgehead atoms. The Balaban J connectivity index is 1.69. The molecule has 0 aliphatic heterocycles. The Morgan fingerprint density at radius 1 is 1.47 bits per heavy atom. The van der Waals surface area contributed by atoms with E-state index in [9.17, 15) is 0 Å². The number of hydrogen-bond acceptors (Lipinski definition) is 2. The molecule has 1 nitrogen and oxygen atoms in total. The Kier molecular flexibility index (Phi) is 2.76. The second-order valence-corrected chi connectivity index (χ2v) is 5.33. The predicted molar refractivity (Wildman–Crippen MR) is 74.5 cm³/mol. The summed E-state index contributed by atoms with van der Waals surface area (Å²) in [5, 5.41) is 0. The van der Waals surface area contributed by atoms with Crippen molar-refractivity contribution in [3.8, 4) is 0 Å². The normalized spacial score (nSPS) is 20.4. The summed E-state index contributed by atoms with van der Waals surface area (Å²) in [6, 6.07) is 4.05. The summed E-state index contributed by atoms with van der Waals surface area (Å²) < 4.78 is 0. The van der Waals surface area contributed by atoms with Gasteiger partial charge in [-0.3, -0.25) is 4.98 Å². The van der Waals surface area contributed by atoms with E-state index in [2.05, 4.69) is 41.9 Å². The van der Waals surface area contributed by atoms with Crippen LogP contribution in [0, 0.1) is 5.92 Å². The standard InChI is InChI=1S/C15H13NS/c1-11-4-5-12(9-11)10-17-14-7-6-13-3-2-8-16-15(13)14/h2-6,8-9,12H,10H2,1H3/t12-/m0/s1. The van der Waals surface area contributed by atoms with Crippen LogP contribution in [0.5, 0.6) is 0 Å². The molecule has 0 aromatic carbocycles. The van der Waals surface area contributed by atoms with Gasteiger partial charge >= 0.3 is 0 Å². The number of fused-ring (bicyclic) bond motifs is 1. The average molecular weight is 239 g/mol. The highest BCUT2D eigenvalue weighted by Crippen LogP contribution is 2.34. The Bertz CT molecular complexity index is 574. The molecule has 1 aromatic rings. The molecule has 0 spiro atoms. The van der Waals surface area contributed by atoms with Crippen LogP contribution in [0.1, 0.15) is 18.2 Å². The van der Waals surface area contributed by atoms with Gasteiger partial charge in [0.15, 0.2) is 0 Å². The van der Waals surface area contributed by atoms with E-state index in [4.69, 9.17) is 0 Å². The fraction of sp³-hybridized carbons (Fsp3) is 0.200. The zero-order chi connectivity index (χ0) is 11.7. The maximum atomic E-state index is 4.42. The molecular weight excluding hydrogens is 226 g/mol. The number of rotatable bonds is 3. The van der Waals surface area contributed by atoms with Crippen LogP contribution in [0.4, 0.5) is 0 Å². The molecule has 0 saturated carbocycles. The molecule has 0 fully saturated rings. The molecule has 0 N–H and O–H groups in total. The lowest BCUT2D eigenvalue weighted by molar-refractivity contribution is 0.975. The molecular formula is C15H13NS. The van der Waals surface area contributed by atoms with Gasteiger partial charge in [-0.2, -0.15) is 0 Å². The van der Waals surface area contributed by atoms with Crippen LogP contribution in [0.25, 0.3) is 11.0 Å². The van der Waals surface area contributed by atoms with Gasteiger partial charge in [0.05, 0.1) is 10.6 Å². The molecule has 84 valence electrons. The van der Waals surface area contributed by atoms with Gasteiger partial charge in [-0.25, -0.2) is 0 Å². The number of aromatic nitrogens is 1. The molecule has 1 aromatic heterocycles. The van der Waals surface area contributed by atoms with E-state index in [0.717, 1.165) is 11.4 Å². The monoisotopic (exact) mass is 239 g/mol. The van der Waals surface area contributed by atoms with Crippen molar-refractivity contribution < 1.29 is 0 Å².